The summed E-state index contributed by atoms with van der Waals surface area (Å²) in [6.45, 7) is -0.884. The number of alkyl halides is 5. The zero-order chi connectivity index (χ0) is 31.7. The van der Waals surface area contributed by atoms with Gasteiger partial charge in [0, 0.05) is 34.9 Å². The van der Waals surface area contributed by atoms with E-state index < -0.39 is 54.2 Å². The Labute approximate surface area is 248 Å². The van der Waals surface area contributed by atoms with Crippen LogP contribution in [-0.2, 0) is 12.5 Å². The molecule has 0 spiro atoms. The Hall–Kier alpha value is -4.96. The van der Waals surface area contributed by atoms with Crippen LogP contribution in [0.5, 0.6) is 5.75 Å². The van der Waals surface area contributed by atoms with Crippen molar-refractivity contribution in [1.29, 1.82) is 0 Å². The molecule has 1 aliphatic rings. The number of nitrogens with two attached hydrogens (primary N) is 1. The van der Waals surface area contributed by atoms with Gasteiger partial charge in [0.1, 0.15) is 36.4 Å². The van der Waals surface area contributed by atoms with Gasteiger partial charge in [-0.25, -0.2) is 17.6 Å². The Kier molecular flexibility index (Phi) is 10.2. The first-order valence-electron chi connectivity index (χ1n) is 13.0. The minimum Gasteiger partial charge on any atom is -0.489 e. The zero-order valence-electron chi connectivity index (χ0n) is 22.8. The summed E-state index contributed by atoms with van der Waals surface area (Å²) in [5, 5.41) is 17.2. The fraction of sp³-hybridized carbons (Fsp3) is 0.226. The van der Waals surface area contributed by atoms with Gasteiger partial charge >= 0.3 is 5.92 Å². The number of benzene rings is 2. The molecule has 1 aromatic heterocycles. The Morgan fingerprint density at radius 1 is 1.05 bits per heavy atom. The van der Waals surface area contributed by atoms with Gasteiger partial charge in [0.25, 0.3) is 6.43 Å². The van der Waals surface area contributed by atoms with Crippen molar-refractivity contribution in [2.45, 2.75) is 37.1 Å². The van der Waals surface area contributed by atoms with Gasteiger partial charge < -0.3 is 15.7 Å². The van der Waals surface area contributed by atoms with Crippen molar-refractivity contribution in [3.05, 3.63) is 118 Å². The molecular formula is C31H25F6N5O2. The molecule has 3 N–H and O–H groups in total. The number of allylic oxidation sites excluding steroid dienone is 2. The third-order valence-corrected chi connectivity index (χ3v) is 6.55. The van der Waals surface area contributed by atoms with Crippen molar-refractivity contribution in [3.8, 4) is 17.6 Å². The quantitative estimate of drug-likeness (QED) is 0.0505. The van der Waals surface area contributed by atoms with Crippen molar-refractivity contribution in [3.63, 3.8) is 0 Å². The Balaban J connectivity index is 1.47. The molecule has 0 bridgehead atoms. The number of hydrogen-bond donors (Lipinski definition) is 2. The first kappa shape index (κ1) is 32.0. The van der Waals surface area contributed by atoms with Crippen LogP contribution in [-0.4, -0.2) is 34.7 Å². The second-order valence-corrected chi connectivity index (χ2v) is 9.56. The van der Waals surface area contributed by atoms with Crippen LogP contribution in [0.4, 0.5) is 26.3 Å². The van der Waals surface area contributed by atoms with E-state index in [0.29, 0.717) is 17.7 Å². The van der Waals surface area contributed by atoms with Crippen LogP contribution in [0.25, 0.3) is 0 Å². The summed E-state index contributed by atoms with van der Waals surface area (Å²) < 4.78 is 90.8. The highest BCUT2D eigenvalue weighted by Gasteiger charge is 2.58. The summed E-state index contributed by atoms with van der Waals surface area (Å²) >= 11 is 0. The molecule has 0 amide bonds. The van der Waals surface area contributed by atoms with E-state index in [1.165, 1.54) is 18.2 Å². The molecule has 0 radical (unpaired) electrons. The lowest BCUT2D eigenvalue weighted by molar-refractivity contribution is -0.164. The van der Waals surface area contributed by atoms with Crippen molar-refractivity contribution in [2.75, 3.05) is 6.54 Å². The smallest absolute Gasteiger partial charge is 0.323 e. The van der Waals surface area contributed by atoms with E-state index in [0.717, 1.165) is 30.0 Å². The first-order chi connectivity index (χ1) is 21.0. The van der Waals surface area contributed by atoms with Crippen LogP contribution in [0.15, 0.2) is 106 Å². The van der Waals surface area contributed by atoms with E-state index in [2.05, 4.69) is 32.2 Å². The lowest BCUT2D eigenvalue weighted by atomic mass is 9.81. The van der Waals surface area contributed by atoms with Crippen molar-refractivity contribution in [1.82, 2.24) is 4.98 Å². The van der Waals surface area contributed by atoms with E-state index in [9.17, 15) is 22.7 Å². The number of aliphatic imine (C=N–C) groups is 1. The molecule has 1 heterocycles. The van der Waals surface area contributed by atoms with Crippen LogP contribution >= 0.6 is 0 Å². The lowest BCUT2D eigenvalue weighted by Crippen LogP contribution is -2.51. The molecule has 3 aromatic rings. The van der Waals surface area contributed by atoms with Gasteiger partial charge in [-0.05, 0) is 48.0 Å². The first-order valence-corrected chi connectivity index (χ1v) is 13.0. The average molecular weight is 614 g/mol. The lowest BCUT2D eigenvalue weighted by Gasteiger charge is -2.36. The predicted octanol–water partition coefficient (Wildman–Crippen LogP) is 6.70. The molecule has 2 atom stereocenters. The van der Waals surface area contributed by atoms with E-state index in [4.69, 9.17) is 10.6 Å². The zero-order valence-corrected chi connectivity index (χ0v) is 22.8. The molecule has 13 heteroatoms. The maximum atomic E-state index is 15.7. The van der Waals surface area contributed by atoms with Crippen LogP contribution in [0.3, 0.4) is 0 Å². The van der Waals surface area contributed by atoms with Crippen molar-refractivity contribution < 1.29 is 36.2 Å². The van der Waals surface area contributed by atoms with Crippen molar-refractivity contribution >= 4 is 6.34 Å². The van der Waals surface area contributed by atoms with Gasteiger partial charge in [0.05, 0.1) is 6.54 Å². The van der Waals surface area contributed by atoms with Crippen LogP contribution in [0.2, 0.25) is 0 Å². The SMILES string of the molecule is NN=NC=NCC(O)(C1=C(F)CC(F)C=C1)C(F)(F)c1ccc(C#Cc2ccc(OCc3ccc(C(F)F)cc3)cc2)cn1. The minimum absolute atomic E-state index is 0.0727. The Morgan fingerprint density at radius 2 is 1.73 bits per heavy atom. The summed E-state index contributed by atoms with van der Waals surface area (Å²) in [7, 11) is 0. The number of ether oxygens (including phenoxy) is 1. The van der Waals surface area contributed by atoms with Gasteiger partial charge in [0.15, 0.2) is 5.60 Å². The Bertz CT molecular complexity index is 1610. The van der Waals surface area contributed by atoms with E-state index in [1.54, 1.807) is 36.4 Å². The molecule has 0 saturated heterocycles. The molecule has 1 aliphatic carbocycles. The van der Waals surface area contributed by atoms with Crippen LogP contribution in [0, 0.1) is 11.8 Å². The fourth-order valence-corrected chi connectivity index (χ4v) is 4.17. The number of hydrogen-bond acceptors (Lipinski definition) is 5. The van der Waals surface area contributed by atoms with E-state index >= 15 is 8.78 Å². The van der Waals surface area contributed by atoms with E-state index in [-0.39, 0.29) is 17.7 Å². The standard InChI is InChI=1S/C31H25F6N5O2/c32-24-10-13-26(27(33)15-24)30(43,18-39-19-41-42-38)31(36,37)28-14-7-21(16-40-28)2-1-20-5-11-25(12-6-20)44-17-22-3-8-23(9-4-22)29(34)35/h3-14,16,19,24,29,43H,15,17-18H2,(H2,38,39,41). The number of aliphatic hydroxyl groups is 1. The Morgan fingerprint density at radius 3 is 2.34 bits per heavy atom. The summed E-state index contributed by atoms with van der Waals surface area (Å²) in [4.78, 5) is 7.33. The predicted molar refractivity (Wildman–Crippen MR) is 150 cm³/mol. The van der Waals surface area contributed by atoms with Crippen molar-refractivity contribution in [2.24, 2.45) is 21.2 Å². The fourth-order valence-electron chi connectivity index (χ4n) is 4.17. The molecule has 0 saturated carbocycles. The van der Waals surface area contributed by atoms with Crippen LogP contribution < -0.4 is 10.6 Å². The summed E-state index contributed by atoms with van der Waals surface area (Å²) in [6.07, 6.45) is -1.68. The maximum absolute atomic E-state index is 15.7. The number of nitrogens with zero attached hydrogens (tertiary/aromatic N) is 4. The molecule has 2 aromatic carbocycles. The topological polar surface area (TPSA) is 105 Å². The molecule has 7 nitrogen and oxygen atoms in total. The van der Waals surface area contributed by atoms with Gasteiger partial charge in [-0.1, -0.05) is 47.4 Å². The summed E-state index contributed by atoms with van der Waals surface area (Å²) in [6, 6.07) is 14.7. The number of aromatic nitrogens is 1. The second kappa shape index (κ2) is 14.0. The highest BCUT2D eigenvalue weighted by molar-refractivity contribution is 5.55. The van der Waals surface area contributed by atoms with Crippen LogP contribution in [0.1, 0.15) is 40.8 Å². The van der Waals surface area contributed by atoms with E-state index in [1.807, 2.05) is 0 Å². The molecular weight excluding hydrogens is 588 g/mol. The molecule has 4 rings (SSSR count). The minimum atomic E-state index is -4.18. The number of rotatable bonds is 10. The monoisotopic (exact) mass is 613 g/mol. The largest absolute Gasteiger partial charge is 0.489 e. The maximum Gasteiger partial charge on any atom is 0.323 e. The third-order valence-electron chi connectivity index (χ3n) is 6.55. The third kappa shape index (κ3) is 7.51. The van der Waals surface area contributed by atoms with Gasteiger partial charge in [0.2, 0.25) is 0 Å². The van der Waals surface area contributed by atoms with Gasteiger partial charge in [-0.2, -0.15) is 8.78 Å². The molecule has 2 unspecified atom stereocenters. The number of pyridine rings is 1. The molecule has 44 heavy (non-hydrogen) atoms. The normalized spacial score (nSPS) is 16.8. The number of halogens is 6. The molecule has 228 valence electrons. The average Bonchev–Trinajstić information content (AvgIpc) is 3.02. The highest BCUT2D eigenvalue weighted by Crippen LogP contribution is 2.46. The van der Waals surface area contributed by atoms with Gasteiger partial charge in [-0.15, -0.1) is 5.11 Å². The molecule has 0 fully saturated rings. The second-order valence-electron chi connectivity index (χ2n) is 9.56. The highest BCUT2D eigenvalue weighted by atomic mass is 19.3. The summed E-state index contributed by atoms with van der Waals surface area (Å²) in [5.74, 6) is 5.59. The van der Waals surface area contributed by atoms with Gasteiger partial charge in [-0.3, -0.25) is 9.98 Å². The summed E-state index contributed by atoms with van der Waals surface area (Å²) in [5.41, 5.74) is -3.49. The molecule has 0 aliphatic heterocycles.